The lowest BCUT2D eigenvalue weighted by atomic mass is 10.1. The average Bonchev–Trinajstić information content (AvgIpc) is 3.53. The van der Waals surface area contributed by atoms with Gasteiger partial charge in [-0.05, 0) is 32.4 Å². The fourth-order valence-electron chi connectivity index (χ4n) is 4.47. The van der Waals surface area contributed by atoms with Crippen LogP contribution in [0, 0.1) is 12.8 Å². The summed E-state index contributed by atoms with van der Waals surface area (Å²) in [6.07, 6.45) is 10.9. The summed E-state index contributed by atoms with van der Waals surface area (Å²) in [6.45, 7) is 4.83. The zero-order chi connectivity index (χ0) is 24.7. The van der Waals surface area contributed by atoms with Gasteiger partial charge in [-0.3, -0.25) is 29.1 Å². The monoisotopic (exact) mass is 473 g/mol. The van der Waals surface area contributed by atoms with Crippen LogP contribution in [-0.2, 0) is 11.8 Å². The van der Waals surface area contributed by atoms with Crippen LogP contribution in [0.15, 0.2) is 43.2 Å². The highest BCUT2D eigenvalue weighted by atomic mass is 16.2. The van der Waals surface area contributed by atoms with E-state index in [1.165, 1.54) is 6.20 Å². The smallest absolute Gasteiger partial charge is 0.259 e. The lowest BCUT2D eigenvalue weighted by molar-refractivity contribution is -0.119. The highest BCUT2D eigenvalue weighted by Gasteiger charge is 2.32. The largest absolute Gasteiger partial charge is 0.323 e. The molecule has 0 saturated carbocycles. The number of likely N-dealkylation sites (tertiary alicyclic amines) is 1. The van der Waals surface area contributed by atoms with Gasteiger partial charge in [-0.25, -0.2) is 4.52 Å². The fraction of sp³-hybridized carbons (Fsp3) is 0.333. The van der Waals surface area contributed by atoms with Gasteiger partial charge in [0.25, 0.3) is 5.91 Å². The van der Waals surface area contributed by atoms with Crippen LogP contribution in [0.3, 0.4) is 0 Å². The minimum atomic E-state index is -0.339. The van der Waals surface area contributed by atoms with Crippen molar-refractivity contribution in [2.75, 3.05) is 24.2 Å². The molecule has 1 aliphatic heterocycles. The van der Waals surface area contributed by atoms with E-state index in [4.69, 9.17) is 0 Å². The summed E-state index contributed by atoms with van der Waals surface area (Å²) in [7, 11) is 3.79. The summed E-state index contributed by atoms with van der Waals surface area (Å²) in [6, 6.07) is 1.55. The molecule has 11 heteroatoms. The molecule has 0 radical (unpaired) electrons. The Morgan fingerprint density at radius 1 is 1.03 bits per heavy atom. The highest BCUT2D eigenvalue weighted by molar-refractivity contribution is 6.09. The standard InChI is InChI=1S/C24H27N9O2/c1-14-5-21(31(3)11-14)24(35)29-17-6-19(15(2)25-8-17)30-23(34)18-9-28-33-13-20(26-10-22(18)33)16-7-27-32(4)12-16/h6-10,12-14,21H,5,11H2,1-4H3,(H,29,35)(H,30,34)/t14-,21+/m1/s1. The third kappa shape index (κ3) is 4.50. The van der Waals surface area contributed by atoms with Gasteiger partial charge < -0.3 is 10.6 Å². The molecule has 1 fully saturated rings. The number of carbonyl (C=O) groups is 2. The first-order valence-electron chi connectivity index (χ1n) is 11.4. The summed E-state index contributed by atoms with van der Waals surface area (Å²) in [5.41, 5.74) is 4.19. The minimum Gasteiger partial charge on any atom is -0.323 e. The van der Waals surface area contributed by atoms with Crippen molar-refractivity contribution in [3.05, 3.63) is 54.5 Å². The predicted octanol–water partition coefficient (Wildman–Crippen LogP) is 2.36. The Hall–Kier alpha value is -4.12. The molecule has 180 valence electrons. The minimum absolute atomic E-state index is 0.0714. The molecular weight excluding hydrogens is 446 g/mol. The normalized spacial score (nSPS) is 18.2. The summed E-state index contributed by atoms with van der Waals surface area (Å²) in [5.74, 6) is 0.0640. The molecule has 5 heterocycles. The number of likely N-dealkylation sites (N-methyl/N-ethyl adjacent to an activating group) is 1. The number of nitrogens with one attached hydrogen (secondary N) is 2. The summed E-state index contributed by atoms with van der Waals surface area (Å²) >= 11 is 0. The number of nitrogens with zero attached hydrogens (tertiary/aromatic N) is 7. The van der Waals surface area contributed by atoms with Crippen LogP contribution >= 0.6 is 0 Å². The average molecular weight is 474 g/mol. The van der Waals surface area contributed by atoms with Crippen molar-refractivity contribution in [2.45, 2.75) is 26.3 Å². The molecule has 0 unspecified atom stereocenters. The van der Waals surface area contributed by atoms with Crippen molar-refractivity contribution in [3.8, 4) is 11.3 Å². The first-order valence-corrected chi connectivity index (χ1v) is 11.4. The summed E-state index contributed by atoms with van der Waals surface area (Å²) in [5, 5.41) is 14.3. The van der Waals surface area contributed by atoms with E-state index >= 15 is 0 Å². The second kappa shape index (κ2) is 8.91. The number of hydrogen-bond donors (Lipinski definition) is 2. The van der Waals surface area contributed by atoms with Gasteiger partial charge in [0.2, 0.25) is 5.91 Å². The quantitative estimate of drug-likeness (QED) is 0.456. The van der Waals surface area contributed by atoms with Gasteiger partial charge in [0, 0.05) is 25.4 Å². The fourth-order valence-corrected chi connectivity index (χ4v) is 4.47. The van der Waals surface area contributed by atoms with Crippen LogP contribution in [-0.4, -0.2) is 65.7 Å². The number of aryl methyl sites for hydroxylation is 2. The molecule has 4 aromatic heterocycles. The van der Waals surface area contributed by atoms with Crippen molar-refractivity contribution in [3.63, 3.8) is 0 Å². The second-order valence-electron chi connectivity index (χ2n) is 9.16. The number of amides is 2. The van der Waals surface area contributed by atoms with Crippen LogP contribution < -0.4 is 10.6 Å². The highest BCUT2D eigenvalue weighted by Crippen LogP contribution is 2.24. The van der Waals surface area contributed by atoms with Gasteiger partial charge in [0.05, 0.1) is 70.9 Å². The van der Waals surface area contributed by atoms with E-state index in [0.717, 1.165) is 18.5 Å². The molecule has 5 rings (SSSR count). The number of pyridine rings is 1. The molecule has 0 aromatic carbocycles. The van der Waals surface area contributed by atoms with Gasteiger partial charge in [0.15, 0.2) is 0 Å². The molecule has 35 heavy (non-hydrogen) atoms. The number of fused-ring (bicyclic) bond motifs is 1. The second-order valence-corrected chi connectivity index (χ2v) is 9.16. The molecule has 2 atom stereocenters. The molecule has 2 amide bonds. The lowest BCUT2D eigenvalue weighted by Gasteiger charge is -2.19. The third-order valence-electron chi connectivity index (χ3n) is 6.31. The number of aromatic nitrogens is 6. The Morgan fingerprint density at radius 2 is 1.86 bits per heavy atom. The van der Waals surface area contributed by atoms with Crippen molar-refractivity contribution < 1.29 is 9.59 Å². The zero-order valence-electron chi connectivity index (χ0n) is 20.1. The molecule has 11 nitrogen and oxygen atoms in total. The Kier molecular flexibility index (Phi) is 5.77. The van der Waals surface area contributed by atoms with E-state index in [2.05, 4.69) is 42.6 Å². The molecule has 1 aliphatic rings. The Bertz CT molecular complexity index is 1420. The van der Waals surface area contributed by atoms with Gasteiger partial charge >= 0.3 is 0 Å². The molecule has 1 saturated heterocycles. The van der Waals surface area contributed by atoms with Crippen molar-refractivity contribution in [2.24, 2.45) is 13.0 Å². The van der Waals surface area contributed by atoms with Crippen LogP contribution in [0.1, 0.15) is 29.4 Å². The molecule has 0 spiro atoms. The maximum absolute atomic E-state index is 13.1. The lowest BCUT2D eigenvalue weighted by Crippen LogP contribution is -2.37. The van der Waals surface area contributed by atoms with Gasteiger partial charge in [0.1, 0.15) is 0 Å². The van der Waals surface area contributed by atoms with Crippen LogP contribution in [0.2, 0.25) is 0 Å². The summed E-state index contributed by atoms with van der Waals surface area (Å²) in [4.78, 5) is 36.7. The zero-order valence-corrected chi connectivity index (χ0v) is 20.1. The van der Waals surface area contributed by atoms with E-state index in [-0.39, 0.29) is 17.9 Å². The molecule has 4 aromatic rings. The molecule has 2 N–H and O–H groups in total. The third-order valence-corrected chi connectivity index (χ3v) is 6.31. The Morgan fingerprint density at radius 3 is 2.57 bits per heavy atom. The topological polar surface area (TPSA) is 122 Å². The molecule has 0 bridgehead atoms. The van der Waals surface area contributed by atoms with Crippen molar-refractivity contribution in [1.29, 1.82) is 0 Å². The van der Waals surface area contributed by atoms with Crippen LogP contribution in [0.4, 0.5) is 11.4 Å². The van der Waals surface area contributed by atoms with E-state index in [9.17, 15) is 9.59 Å². The Balaban J connectivity index is 1.33. The number of carbonyl (C=O) groups excluding carboxylic acids is 2. The van der Waals surface area contributed by atoms with Crippen molar-refractivity contribution >= 4 is 28.7 Å². The number of rotatable bonds is 5. The first-order chi connectivity index (χ1) is 16.8. The maximum Gasteiger partial charge on any atom is 0.259 e. The SMILES string of the molecule is Cc1ncc(NC(=O)[C@@H]2C[C@@H](C)CN2C)cc1NC(=O)c1cnn2cc(-c3cnn(C)c3)ncc12. The van der Waals surface area contributed by atoms with Crippen LogP contribution in [0.5, 0.6) is 0 Å². The van der Waals surface area contributed by atoms with E-state index in [1.807, 2.05) is 20.3 Å². The van der Waals surface area contributed by atoms with E-state index < -0.39 is 0 Å². The van der Waals surface area contributed by atoms with Gasteiger partial charge in [-0.15, -0.1) is 0 Å². The van der Waals surface area contributed by atoms with E-state index in [0.29, 0.717) is 39.8 Å². The predicted molar refractivity (Wildman–Crippen MR) is 131 cm³/mol. The Labute approximate surface area is 202 Å². The summed E-state index contributed by atoms with van der Waals surface area (Å²) < 4.78 is 3.31. The van der Waals surface area contributed by atoms with Crippen LogP contribution in [0.25, 0.3) is 16.8 Å². The molecular formula is C24H27N9O2. The van der Waals surface area contributed by atoms with Crippen molar-refractivity contribution in [1.82, 2.24) is 34.3 Å². The maximum atomic E-state index is 13.1. The first kappa shape index (κ1) is 22.7. The van der Waals surface area contributed by atoms with E-state index in [1.54, 1.807) is 47.0 Å². The number of hydrogen-bond acceptors (Lipinski definition) is 7. The number of anilines is 2. The van der Waals surface area contributed by atoms with Gasteiger partial charge in [-0.1, -0.05) is 6.92 Å². The van der Waals surface area contributed by atoms with Gasteiger partial charge in [-0.2, -0.15) is 10.2 Å². The molecule has 0 aliphatic carbocycles.